The molecule has 146 valence electrons. The van der Waals surface area contributed by atoms with Gasteiger partial charge >= 0.3 is 0 Å². The molecule has 1 saturated heterocycles. The maximum atomic E-state index is 12.6. The fourth-order valence-electron chi connectivity index (χ4n) is 3.05. The Labute approximate surface area is 159 Å². The number of hydrogen-bond acceptors (Lipinski definition) is 6. The standard InChI is InChI=1S/C18H24N4O2.CH2O2/c1-13(14-6-4-3-5-7-14)20-18-19-10-8-16(21-18)17(23)22-11-9-15(12-22)24-2;2-1-3/h4,6-8,10,13,15H,3,5,9,11-12H2,1-2H3,(H,19,20,21);1H,(H,2,3)/t13-,15+;/m0./s1. The van der Waals surface area contributed by atoms with E-state index in [9.17, 15) is 4.79 Å². The van der Waals surface area contributed by atoms with E-state index in [1.54, 1.807) is 24.3 Å². The van der Waals surface area contributed by atoms with Gasteiger partial charge < -0.3 is 20.1 Å². The van der Waals surface area contributed by atoms with Crippen molar-refractivity contribution < 1.29 is 19.4 Å². The summed E-state index contributed by atoms with van der Waals surface area (Å²) in [6.45, 7) is 3.15. The molecule has 27 heavy (non-hydrogen) atoms. The molecule has 2 aliphatic rings. The maximum absolute atomic E-state index is 12.6. The fourth-order valence-corrected chi connectivity index (χ4v) is 3.05. The molecule has 0 bridgehead atoms. The van der Waals surface area contributed by atoms with Gasteiger partial charge in [0.1, 0.15) is 5.69 Å². The Kier molecular flexibility index (Phi) is 7.94. The van der Waals surface area contributed by atoms with Gasteiger partial charge in [-0.2, -0.15) is 0 Å². The first-order valence-corrected chi connectivity index (χ1v) is 8.95. The van der Waals surface area contributed by atoms with Crippen LogP contribution in [0.3, 0.4) is 0 Å². The second kappa shape index (κ2) is 10.4. The number of nitrogens with zero attached hydrogens (tertiary/aromatic N) is 3. The predicted octanol–water partition coefficient (Wildman–Crippen LogP) is 2.12. The zero-order valence-corrected chi connectivity index (χ0v) is 15.7. The van der Waals surface area contributed by atoms with Crippen LogP contribution in [-0.2, 0) is 9.53 Å². The monoisotopic (exact) mass is 374 g/mol. The molecule has 0 spiro atoms. The van der Waals surface area contributed by atoms with Crippen LogP contribution in [0.15, 0.2) is 36.1 Å². The van der Waals surface area contributed by atoms with E-state index >= 15 is 0 Å². The third-order valence-corrected chi connectivity index (χ3v) is 4.51. The van der Waals surface area contributed by atoms with Crippen molar-refractivity contribution in [3.05, 3.63) is 41.8 Å². The van der Waals surface area contributed by atoms with Gasteiger partial charge in [-0.25, -0.2) is 9.97 Å². The van der Waals surface area contributed by atoms with Crippen LogP contribution in [0.25, 0.3) is 0 Å². The molecule has 1 aliphatic carbocycles. The quantitative estimate of drug-likeness (QED) is 0.761. The lowest BCUT2D eigenvalue weighted by Crippen LogP contribution is -2.31. The molecule has 0 radical (unpaired) electrons. The average molecular weight is 374 g/mol. The van der Waals surface area contributed by atoms with Gasteiger partial charge in [-0.3, -0.25) is 9.59 Å². The molecule has 1 aliphatic heterocycles. The number of aromatic nitrogens is 2. The molecule has 2 heterocycles. The number of hydrogen-bond donors (Lipinski definition) is 2. The third-order valence-electron chi connectivity index (χ3n) is 4.51. The zero-order chi connectivity index (χ0) is 19.6. The van der Waals surface area contributed by atoms with E-state index < -0.39 is 0 Å². The van der Waals surface area contributed by atoms with E-state index in [2.05, 4.69) is 40.4 Å². The molecule has 2 N–H and O–H groups in total. The fraction of sp³-hybridized carbons (Fsp3) is 0.474. The molecule has 0 aromatic carbocycles. The van der Waals surface area contributed by atoms with Gasteiger partial charge in [0.05, 0.1) is 12.1 Å². The highest BCUT2D eigenvalue weighted by Crippen LogP contribution is 2.17. The summed E-state index contributed by atoms with van der Waals surface area (Å²) < 4.78 is 5.32. The van der Waals surface area contributed by atoms with E-state index in [-0.39, 0.29) is 24.5 Å². The van der Waals surface area contributed by atoms with E-state index in [1.165, 1.54) is 5.57 Å². The van der Waals surface area contributed by atoms with E-state index in [4.69, 9.17) is 14.6 Å². The highest BCUT2D eigenvalue weighted by atomic mass is 16.5. The number of anilines is 1. The highest BCUT2D eigenvalue weighted by Gasteiger charge is 2.27. The second-order valence-electron chi connectivity index (χ2n) is 6.32. The lowest BCUT2D eigenvalue weighted by molar-refractivity contribution is -0.122. The number of methoxy groups -OCH3 is 1. The topological polar surface area (TPSA) is 105 Å². The lowest BCUT2D eigenvalue weighted by atomic mass is 10.0. The van der Waals surface area contributed by atoms with Crippen molar-refractivity contribution in [1.29, 1.82) is 0 Å². The van der Waals surface area contributed by atoms with Gasteiger partial charge in [0, 0.05) is 26.4 Å². The highest BCUT2D eigenvalue weighted by molar-refractivity contribution is 5.92. The van der Waals surface area contributed by atoms with Crippen molar-refractivity contribution in [3.63, 3.8) is 0 Å². The summed E-state index contributed by atoms with van der Waals surface area (Å²) in [7, 11) is 1.68. The Morgan fingerprint density at radius 1 is 1.48 bits per heavy atom. The van der Waals surface area contributed by atoms with Crippen molar-refractivity contribution in [2.24, 2.45) is 0 Å². The summed E-state index contributed by atoms with van der Waals surface area (Å²) in [6, 6.07) is 1.77. The summed E-state index contributed by atoms with van der Waals surface area (Å²) in [4.78, 5) is 31.4. The molecule has 1 aromatic heterocycles. The number of carbonyl (C=O) groups is 2. The molecule has 1 aromatic rings. The number of allylic oxidation sites excluding steroid dienone is 2. The molecule has 1 amide bonds. The average Bonchev–Trinajstić information content (AvgIpc) is 3.18. The molecule has 8 nitrogen and oxygen atoms in total. The van der Waals surface area contributed by atoms with Gasteiger partial charge in [0.15, 0.2) is 0 Å². The molecule has 8 heteroatoms. The van der Waals surface area contributed by atoms with Gasteiger partial charge in [-0.05, 0) is 37.8 Å². The normalized spacial score (nSPS) is 19.6. The van der Waals surface area contributed by atoms with Crippen molar-refractivity contribution in [3.8, 4) is 0 Å². The zero-order valence-electron chi connectivity index (χ0n) is 15.7. The maximum Gasteiger partial charge on any atom is 0.290 e. The predicted molar refractivity (Wildman–Crippen MR) is 102 cm³/mol. The smallest absolute Gasteiger partial charge is 0.290 e. The van der Waals surface area contributed by atoms with E-state index in [0.29, 0.717) is 24.7 Å². The molecule has 0 unspecified atom stereocenters. The molecule has 0 saturated carbocycles. The van der Waals surface area contributed by atoms with Crippen molar-refractivity contribution in [2.45, 2.75) is 38.3 Å². The Bertz CT molecular complexity index is 705. The van der Waals surface area contributed by atoms with Crippen LogP contribution in [0.1, 0.15) is 36.7 Å². The van der Waals surface area contributed by atoms with Crippen LogP contribution in [0.4, 0.5) is 5.95 Å². The van der Waals surface area contributed by atoms with Crippen LogP contribution in [0, 0.1) is 0 Å². The molecule has 1 fully saturated rings. The minimum Gasteiger partial charge on any atom is -0.483 e. The van der Waals surface area contributed by atoms with Gasteiger partial charge in [0.25, 0.3) is 12.4 Å². The first kappa shape index (κ1) is 20.6. The minimum atomic E-state index is -0.250. The Morgan fingerprint density at radius 2 is 2.26 bits per heavy atom. The number of carboxylic acid groups (broad SMARTS) is 1. The number of amides is 1. The summed E-state index contributed by atoms with van der Waals surface area (Å²) in [5, 5.41) is 10.2. The van der Waals surface area contributed by atoms with Gasteiger partial charge in [-0.15, -0.1) is 0 Å². The van der Waals surface area contributed by atoms with Crippen LogP contribution >= 0.6 is 0 Å². The number of ether oxygens (including phenoxy) is 1. The number of carbonyl (C=O) groups excluding carboxylic acids is 1. The van der Waals surface area contributed by atoms with E-state index in [0.717, 1.165) is 19.3 Å². The van der Waals surface area contributed by atoms with Crippen LogP contribution in [0.2, 0.25) is 0 Å². The number of likely N-dealkylation sites (tertiary alicyclic amines) is 1. The number of rotatable bonds is 5. The molecule has 3 rings (SSSR count). The van der Waals surface area contributed by atoms with Gasteiger partial charge in [-0.1, -0.05) is 18.2 Å². The first-order valence-electron chi connectivity index (χ1n) is 8.95. The molecule has 2 atom stereocenters. The summed E-state index contributed by atoms with van der Waals surface area (Å²) in [5.41, 5.74) is 1.65. The molecular weight excluding hydrogens is 348 g/mol. The Morgan fingerprint density at radius 3 is 2.89 bits per heavy atom. The largest absolute Gasteiger partial charge is 0.483 e. The van der Waals surface area contributed by atoms with Gasteiger partial charge in [0.2, 0.25) is 5.95 Å². The second-order valence-corrected chi connectivity index (χ2v) is 6.32. The van der Waals surface area contributed by atoms with Crippen molar-refractivity contribution >= 4 is 18.3 Å². The Hall–Kier alpha value is -2.74. The van der Waals surface area contributed by atoms with Crippen molar-refractivity contribution in [1.82, 2.24) is 14.9 Å². The lowest BCUT2D eigenvalue weighted by Gasteiger charge is -2.18. The summed E-state index contributed by atoms with van der Waals surface area (Å²) in [6.07, 6.45) is 11.3. The van der Waals surface area contributed by atoms with Crippen LogP contribution in [-0.4, -0.2) is 64.7 Å². The van der Waals surface area contributed by atoms with Crippen LogP contribution < -0.4 is 5.32 Å². The number of nitrogens with one attached hydrogen (secondary N) is 1. The summed E-state index contributed by atoms with van der Waals surface area (Å²) >= 11 is 0. The van der Waals surface area contributed by atoms with Crippen LogP contribution in [0.5, 0.6) is 0 Å². The third kappa shape index (κ3) is 5.89. The van der Waals surface area contributed by atoms with Crippen molar-refractivity contribution in [2.75, 3.05) is 25.5 Å². The minimum absolute atomic E-state index is 0.0653. The summed E-state index contributed by atoms with van der Waals surface area (Å²) in [5.74, 6) is 0.417. The molecular formula is C19H26N4O4. The SMILES string of the molecule is CO[C@@H]1CCN(C(=O)c2ccnc(N[C@@H](C)C3=CCCC=C3)n2)C1.O=CO. The Balaban J connectivity index is 0.000000817. The van der Waals surface area contributed by atoms with E-state index in [1.807, 2.05) is 0 Å². The first-order chi connectivity index (χ1) is 13.1.